The molecule has 0 bridgehead atoms. The summed E-state index contributed by atoms with van der Waals surface area (Å²) in [7, 11) is 0. The van der Waals surface area contributed by atoms with Gasteiger partial charge in [0.2, 0.25) is 11.8 Å². The molecule has 1 aliphatic carbocycles. The lowest BCUT2D eigenvalue weighted by atomic mass is 9.67. The van der Waals surface area contributed by atoms with Crippen molar-refractivity contribution in [1.29, 1.82) is 0 Å². The van der Waals surface area contributed by atoms with Crippen LogP contribution in [0.15, 0.2) is 58.0 Å². The third-order valence-electron chi connectivity index (χ3n) is 7.69. The largest absolute Gasteiger partial charge is 0.459 e. The zero-order chi connectivity index (χ0) is 26.5. The van der Waals surface area contributed by atoms with Crippen LogP contribution in [0.2, 0.25) is 0 Å². The van der Waals surface area contributed by atoms with E-state index in [1.807, 2.05) is 50.3 Å². The van der Waals surface area contributed by atoms with E-state index in [-0.39, 0.29) is 25.0 Å². The molecule has 37 heavy (non-hydrogen) atoms. The maximum atomic E-state index is 13.2. The summed E-state index contributed by atoms with van der Waals surface area (Å²) < 4.78 is 5.67. The standard InChI is InChI=1S/C30H37NO6/c1-3-14-31-29(35)24-16-19(4-2)27(25(18-33)28(24)30(31)36)26(34)13-10-21(20-8-6-5-7-9-20)15-22-11-12-23(17-32)37-22/h5-9,11-12,15,24-26,28,32-34H,3-4,10,13-14,16-18H2,1-2H3/b21-15-/t24-,25+,26-,28-/m1/s1. The van der Waals surface area contributed by atoms with Crippen molar-refractivity contribution in [2.24, 2.45) is 17.8 Å². The molecule has 1 aromatic heterocycles. The molecule has 0 unspecified atom stereocenters. The monoisotopic (exact) mass is 507 g/mol. The number of imide groups is 1. The molecule has 0 spiro atoms. The van der Waals surface area contributed by atoms with Crippen molar-refractivity contribution in [3.8, 4) is 0 Å². The van der Waals surface area contributed by atoms with Gasteiger partial charge in [-0.3, -0.25) is 14.5 Å². The Morgan fingerprint density at radius 1 is 1.11 bits per heavy atom. The molecule has 2 heterocycles. The minimum atomic E-state index is -0.854. The van der Waals surface area contributed by atoms with Crippen LogP contribution in [-0.4, -0.2) is 51.3 Å². The summed E-state index contributed by atoms with van der Waals surface area (Å²) in [5.74, 6) is -0.918. The molecule has 1 fully saturated rings. The molecule has 2 amide bonds. The molecule has 198 valence electrons. The van der Waals surface area contributed by atoms with Crippen LogP contribution < -0.4 is 0 Å². The van der Waals surface area contributed by atoms with Crippen molar-refractivity contribution < 1.29 is 29.3 Å². The number of likely N-dealkylation sites (tertiary alicyclic amines) is 1. The maximum Gasteiger partial charge on any atom is 0.233 e. The molecule has 1 aromatic carbocycles. The predicted octanol–water partition coefficient (Wildman–Crippen LogP) is 4.18. The third-order valence-corrected chi connectivity index (χ3v) is 7.69. The first-order valence-corrected chi connectivity index (χ1v) is 13.2. The van der Waals surface area contributed by atoms with E-state index in [0.717, 1.165) is 22.3 Å². The second-order valence-corrected chi connectivity index (χ2v) is 9.92. The molecule has 3 N–H and O–H groups in total. The zero-order valence-corrected chi connectivity index (χ0v) is 21.6. The van der Waals surface area contributed by atoms with Crippen LogP contribution in [0.1, 0.15) is 63.0 Å². The van der Waals surface area contributed by atoms with Crippen LogP contribution in [0.4, 0.5) is 0 Å². The fourth-order valence-corrected chi connectivity index (χ4v) is 5.94. The highest BCUT2D eigenvalue weighted by atomic mass is 16.4. The van der Waals surface area contributed by atoms with Crippen LogP contribution in [0.5, 0.6) is 0 Å². The van der Waals surface area contributed by atoms with Gasteiger partial charge in [-0.25, -0.2) is 0 Å². The SMILES string of the molecule is CCCN1C(=O)[C@@H]2[C@@H](CC(CC)=C([C@H](O)CC/C(=C/c3ccc(CO)o3)c3ccccc3)[C@@H]2CO)C1=O. The van der Waals surface area contributed by atoms with Crippen LogP contribution in [0, 0.1) is 17.8 Å². The van der Waals surface area contributed by atoms with Gasteiger partial charge in [0.15, 0.2) is 0 Å². The topological polar surface area (TPSA) is 111 Å². The van der Waals surface area contributed by atoms with Crippen molar-refractivity contribution in [2.75, 3.05) is 13.2 Å². The minimum Gasteiger partial charge on any atom is -0.459 e. The Morgan fingerprint density at radius 3 is 2.49 bits per heavy atom. The van der Waals surface area contributed by atoms with E-state index in [9.17, 15) is 24.9 Å². The fraction of sp³-hybridized carbons (Fsp3) is 0.467. The molecule has 7 nitrogen and oxygen atoms in total. The van der Waals surface area contributed by atoms with E-state index in [4.69, 9.17) is 4.42 Å². The summed E-state index contributed by atoms with van der Waals surface area (Å²) in [5, 5.41) is 31.2. The molecule has 0 radical (unpaired) electrons. The fourth-order valence-electron chi connectivity index (χ4n) is 5.94. The number of aliphatic hydroxyl groups is 3. The van der Waals surface area contributed by atoms with Gasteiger partial charge in [-0.15, -0.1) is 0 Å². The Labute approximate surface area is 218 Å². The first kappa shape index (κ1) is 27.0. The second kappa shape index (κ2) is 12.0. The number of amides is 2. The van der Waals surface area contributed by atoms with E-state index in [1.165, 1.54) is 4.90 Å². The number of hydrogen-bond donors (Lipinski definition) is 3. The number of allylic oxidation sites excluding steroid dienone is 2. The maximum absolute atomic E-state index is 13.2. The highest BCUT2D eigenvalue weighted by Crippen LogP contribution is 2.47. The van der Waals surface area contributed by atoms with Gasteiger partial charge in [0.25, 0.3) is 0 Å². The van der Waals surface area contributed by atoms with Crippen molar-refractivity contribution in [2.45, 2.75) is 58.7 Å². The Morgan fingerprint density at radius 2 is 1.86 bits per heavy atom. The number of carbonyl (C=O) groups is 2. The lowest BCUT2D eigenvalue weighted by molar-refractivity contribution is -0.140. The normalized spacial score (nSPS) is 23.1. The smallest absolute Gasteiger partial charge is 0.233 e. The van der Waals surface area contributed by atoms with Gasteiger partial charge in [0, 0.05) is 12.5 Å². The van der Waals surface area contributed by atoms with E-state index in [1.54, 1.807) is 12.1 Å². The quantitative estimate of drug-likeness (QED) is 0.311. The number of aliphatic hydroxyl groups excluding tert-OH is 3. The zero-order valence-electron chi connectivity index (χ0n) is 21.6. The van der Waals surface area contributed by atoms with Gasteiger partial charge >= 0.3 is 0 Å². The Hall–Kier alpha value is -3.00. The highest BCUT2D eigenvalue weighted by Gasteiger charge is 2.54. The summed E-state index contributed by atoms with van der Waals surface area (Å²) in [6, 6.07) is 13.4. The number of hydrogen-bond acceptors (Lipinski definition) is 6. The number of nitrogens with zero attached hydrogens (tertiary/aromatic N) is 1. The summed E-state index contributed by atoms with van der Waals surface area (Å²) in [6.45, 7) is 3.85. The first-order valence-electron chi connectivity index (χ1n) is 13.2. The van der Waals surface area contributed by atoms with Crippen LogP contribution in [-0.2, 0) is 16.2 Å². The van der Waals surface area contributed by atoms with Crippen molar-refractivity contribution in [3.63, 3.8) is 0 Å². The Bertz CT molecular complexity index is 1160. The number of carbonyl (C=O) groups excluding carboxylic acids is 2. The molecule has 1 aliphatic heterocycles. The molecular formula is C30H37NO6. The Kier molecular flexibility index (Phi) is 8.79. The lowest BCUT2D eigenvalue weighted by Crippen LogP contribution is -2.39. The summed E-state index contributed by atoms with van der Waals surface area (Å²) in [4.78, 5) is 27.6. The number of benzene rings is 1. The van der Waals surface area contributed by atoms with Crippen molar-refractivity contribution >= 4 is 23.5 Å². The van der Waals surface area contributed by atoms with Gasteiger partial charge in [0.05, 0.1) is 24.5 Å². The molecule has 4 atom stereocenters. The lowest BCUT2D eigenvalue weighted by Gasteiger charge is -2.36. The van der Waals surface area contributed by atoms with Crippen LogP contribution in [0.3, 0.4) is 0 Å². The number of rotatable bonds is 11. The van der Waals surface area contributed by atoms with E-state index in [2.05, 4.69) is 0 Å². The minimum absolute atomic E-state index is 0.148. The van der Waals surface area contributed by atoms with Gasteiger partial charge < -0.3 is 19.7 Å². The molecule has 0 saturated carbocycles. The predicted molar refractivity (Wildman–Crippen MR) is 141 cm³/mol. The molecule has 2 aromatic rings. The summed E-state index contributed by atoms with van der Waals surface area (Å²) in [6.07, 6.45) is 3.77. The summed E-state index contributed by atoms with van der Waals surface area (Å²) >= 11 is 0. The number of fused-ring (bicyclic) bond motifs is 1. The average Bonchev–Trinajstić information content (AvgIpc) is 3.48. The van der Waals surface area contributed by atoms with Gasteiger partial charge in [-0.1, -0.05) is 49.8 Å². The van der Waals surface area contributed by atoms with E-state index < -0.39 is 23.9 Å². The van der Waals surface area contributed by atoms with Crippen LogP contribution >= 0.6 is 0 Å². The highest BCUT2D eigenvalue weighted by molar-refractivity contribution is 6.05. The molecule has 1 saturated heterocycles. The summed E-state index contributed by atoms with van der Waals surface area (Å²) in [5.41, 5.74) is 3.65. The second-order valence-electron chi connectivity index (χ2n) is 9.92. The van der Waals surface area contributed by atoms with E-state index >= 15 is 0 Å². The molecule has 4 rings (SSSR count). The average molecular weight is 508 g/mol. The third kappa shape index (κ3) is 5.49. The number of furan rings is 1. The van der Waals surface area contributed by atoms with Crippen molar-refractivity contribution in [3.05, 3.63) is 70.7 Å². The van der Waals surface area contributed by atoms with Gasteiger partial charge in [-0.2, -0.15) is 0 Å². The van der Waals surface area contributed by atoms with Crippen molar-refractivity contribution in [1.82, 2.24) is 4.90 Å². The molecular weight excluding hydrogens is 470 g/mol. The van der Waals surface area contributed by atoms with Gasteiger partial charge in [0.1, 0.15) is 18.1 Å². The molecule has 2 aliphatic rings. The van der Waals surface area contributed by atoms with Crippen LogP contribution in [0.25, 0.3) is 11.6 Å². The van der Waals surface area contributed by atoms with E-state index in [0.29, 0.717) is 50.2 Å². The first-order chi connectivity index (χ1) is 17.9. The molecule has 7 heteroatoms. The Balaban J connectivity index is 1.60. The van der Waals surface area contributed by atoms with Gasteiger partial charge in [-0.05, 0) is 67.0 Å².